The molecule has 3 heterocycles. The van der Waals surface area contributed by atoms with Crippen molar-refractivity contribution in [3.05, 3.63) is 41.9 Å². The van der Waals surface area contributed by atoms with Gasteiger partial charge in [-0.2, -0.15) is 5.10 Å². The standard InChI is InChI=1S/C17H22N4O2/c1-12(2)16-14(17(22)19-9-13-6-8-23-11-13)10-20-21(16)15-5-3-4-7-18-15/h3-5,7,10,12-13H,6,8-9,11H2,1-2H3,(H,19,22)/t13-/m1/s1. The lowest BCUT2D eigenvalue weighted by Gasteiger charge is -2.13. The summed E-state index contributed by atoms with van der Waals surface area (Å²) in [6, 6.07) is 5.66. The first-order chi connectivity index (χ1) is 11.2. The van der Waals surface area contributed by atoms with E-state index in [-0.39, 0.29) is 11.8 Å². The Kier molecular flexibility index (Phi) is 4.71. The number of rotatable bonds is 5. The lowest BCUT2D eigenvalue weighted by molar-refractivity contribution is 0.0943. The Labute approximate surface area is 135 Å². The lowest BCUT2D eigenvalue weighted by atomic mass is 10.0. The zero-order valence-corrected chi connectivity index (χ0v) is 13.5. The van der Waals surface area contributed by atoms with Crippen LogP contribution in [-0.2, 0) is 4.74 Å². The molecule has 0 aromatic carbocycles. The van der Waals surface area contributed by atoms with Gasteiger partial charge in [-0.05, 0) is 24.5 Å². The largest absolute Gasteiger partial charge is 0.381 e. The van der Waals surface area contributed by atoms with Gasteiger partial charge in [-0.3, -0.25) is 4.79 Å². The molecule has 6 nitrogen and oxygen atoms in total. The topological polar surface area (TPSA) is 69.0 Å². The minimum Gasteiger partial charge on any atom is -0.381 e. The second-order valence-corrected chi connectivity index (χ2v) is 6.14. The molecule has 1 N–H and O–H groups in total. The van der Waals surface area contributed by atoms with Crippen LogP contribution in [-0.4, -0.2) is 40.4 Å². The Balaban J connectivity index is 1.81. The van der Waals surface area contributed by atoms with Crippen LogP contribution in [0.5, 0.6) is 0 Å². The summed E-state index contributed by atoms with van der Waals surface area (Å²) in [5.74, 6) is 1.21. The molecule has 0 spiro atoms. The zero-order chi connectivity index (χ0) is 16.2. The van der Waals surface area contributed by atoms with Crippen molar-refractivity contribution in [1.82, 2.24) is 20.1 Å². The third-order valence-corrected chi connectivity index (χ3v) is 4.04. The predicted molar refractivity (Wildman–Crippen MR) is 86.7 cm³/mol. The molecule has 122 valence electrons. The molecule has 0 radical (unpaired) electrons. The summed E-state index contributed by atoms with van der Waals surface area (Å²) in [5.41, 5.74) is 1.49. The van der Waals surface area contributed by atoms with Crippen LogP contribution >= 0.6 is 0 Å². The van der Waals surface area contributed by atoms with Crippen molar-refractivity contribution in [1.29, 1.82) is 0 Å². The molecule has 0 unspecified atom stereocenters. The maximum Gasteiger partial charge on any atom is 0.254 e. The number of nitrogens with zero attached hydrogens (tertiary/aromatic N) is 3. The number of carbonyl (C=O) groups excluding carboxylic acids is 1. The van der Waals surface area contributed by atoms with Gasteiger partial charge in [0.15, 0.2) is 5.82 Å². The highest BCUT2D eigenvalue weighted by Gasteiger charge is 2.22. The number of amides is 1. The summed E-state index contributed by atoms with van der Waals surface area (Å²) in [5, 5.41) is 7.39. The highest BCUT2D eigenvalue weighted by molar-refractivity contribution is 5.95. The van der Waals surface area contributed by atoms with Crippen LogP contribution in [0, 0.1) is 5.92 Å². The van der Waals surface area contributed by atoms with E-state index < -0.39 is 0 Å². The van der Waals surface area contributed by atoms with Gasteiger partial charge >= 0.3 is 0 Å². The Hall–Kier alpha value is -2.21. The average Bonchev–Trinajstić information content (AvgIpc) is 3.22. The van der Waals surface area contributed by atoms with Gasteiger partial charge in [0.25, 0.3) is 5.91 Å². The molecule has 2 aromatic rings. The molecule has 1 fully saturated rings. The molecule has 2 aromatic heterocycles. The van der Waals surface area contributed by atoms with Gasteiger partial charge in [0.2, 0.25) is 0 Å². The highest BCUT2D eigenvalue weighted by atomic mass is 16.5. The molecule has 3 rings (SSSR count). The molecule has 1 amide bonds. The minimum atomic E-state index is -0.0808. The molecule has 1 aliphatic rings. The number of hydrogen-bond acceptors (Lipinski definition) is 4. The lowest BCUT2D eigenvalue weighted by Crippen LogP contribution is -2.30. The molecular weight excluding hydrogens is 292 g/mol. The normalized spacial score (nSPS) is 17.6. The van der Waals surface area contributed by atoms with Crippen molar-refractivity contribution in [2.24, 2.45) is 5.92 Å². The third kappa shape index (κ3) is 3.42. The number of hydrogen-bond donors (Lipinski definition) is 1. The first-order valence-electron chi connectivity index (χ1n) is 8.02. The van der Waals surface area contributed by atoms with Gasteiger partial charge in [0.1, 0.15) is 0 Å². The number of aromatic nitrogens is 3. The molecule has 0 saturated carbocycles. The van der Waals surface area contributed by atoms with Crippen LogP contribution in [0.4, 0.5) is 0 Å². The van der Waals surface area contributed by atoms with Crippen LogP contribution in [0.3, 0.4) is 0 Å². The van der Waals surface area contributed by atoms with Gasteiger partial charge < -0.3 is 10.1 Å². The Morgan fingerprint density at radius 1 is 1.48 bits per heavy atom. The number of carbonyl (C=O) groups is 1. The molecule has 1 saturated heterocycles. The van der Waals surface area contributed by atoms with Gasteiger partial charge in [-0.25, -0.2) is 9.67 Å². The second kappa shape index (κ2) is 6.91. The Morgan fingerprint density at radius 3 is 3.00 bits per heavy atom. The quantitative estimate of drug-likeness (QED) is 0.918. The molecule has 6 heteroatoms. The molecular formula is C17H22N4O2. The maximum atomic E-state index is 12.5. The van der Waals surface area contributed by atoms with E-state index in [1.54, 1.807) is 17.1 Å². The summed E-state index contributed by atoms with van der Waals surface area (Å²) >= 11 is 0. The van der Waals surface area contributed by atoms with Crippen LogP contribution in [0.1, 0.15) is 42.2 Å². The van der Waals surface area contributed by atoms with Gasteiger partial charge in [-0.15, -0.1) is 0 Å². The summed E-state index contributed by atoms with van der Waals surface area (Å²) in [6.45, 7) is 6.27. The fourth-order valence-electron chi connectivity index (χ4n) is 2.83. The van der Waals surface area contributed by atoms with E-state index in [4.69, 9.17) is 4.74 Å². The van der Waals surface area contributed by atoms with Crippen LogP contribution in [0.2, 0.25) is 0 Å². The number of pyridine rings is 1. The van der Waals surface area contributed by atoms with Crippen molar-refractivity contribution in [2.45, 2.75) is 26.2 Å². The molecule has 23 heavy (non-hydrogen) atoms. The predicted octanol–water partition coefficient (Wildman–Crippen LogP) is 2.16. The van der Waals surface area contributed by atoms with E-state index in [0.717, 1.165) is 31.1 Å². The number of ether oxygens (including phenoxy) is 1. The summed E-state index contributed by atoms with van der Waals surface area (Å²) < 4.78 is 7.09. The van der Waals surface area contributed by atoms with E-state index >= 15 is 0 Å². The van der Waals surface area contributed by atoms with Crippen LogP contribution in [0.25, 0.3) is 5.82 Å². The molecule has 0 aliphatic carbocycles. The third-order valence-electron chi connectivity index (χ3n) is 4.04. The van der Waals surface area contributed by atoms with Gasteiger partial charge in [0.05, 0.1) is 24.1 Å². The zero-order valence-electron chi connectivity index (χ0n) is 13.5. The Morgan fingerprint density at radius 2 is 2.35 bits per heavy atom. The van der Waals surface area contributed by atoms with Crippen LogP contribution in [0.15, 0.2) is 30.6 Å². The summed E-state index contributed by atoms with van der Waals surface area (Å²) in [7, 11) is 0. The van der Waals surface area contributed by atoms with Gasteiger partial charge in [-0.1, -0.05) is 19.9 Å². The fourth-order valence-corrected chi connectivity index (χ4v) is 2.83. The minimum absolute atomic E-state index is 0.0808. The summed E-state index contributed by atoms with van der Waals surface area (Å²) in [6.07, 6.45) is 4.36. The van der Waals surface area contributed by atoms with Crippen molar-refractivity contribution in [3.8, 4) is 5.82 Å². The highest BCUT2D eigenvalue weighted by Crippen LogP contribution is 2.22. The second-order valence-electron chi connectivity index (χ2n) is 6.14. The molecule has 1 atom stereocenters. The fraction of sp³-hybridized carbons (Fsp3) is 0.471. The van der Waals surface area contributed by atoms with Gasteiger partial charge in [0, 0.05) is 25.3 Å². The number of nitrogens with one attached hydrogen (secondary N) is 1. The summed E-state index contributed by atoms with van der Waals surface area (Å²) in [4.78, 5) is 16.9. The van der Waals surface area contributed by atoms with Crippen LogP contribution < -0.4 is 5.32 Å². The first-order valence-corrected chi connectivity index (χ1v) is 8.02. The monoisotopic (exact) mass is 314 g/mol. The van der Waals surface area contributed by atoms with Crippen molar-refractivity contribution < 1.29 is 9.53 Å². The average molecular weight is 314 g/mol. The van der Waals surface area contributed by atoms with E-state index in [1.165, 1.54) is 0 Å². The van der Waals surface area contributed by atoms with Crippen molar-refractivity contribution in [2.75, 3.05) is 19.8 Å². The van der Waals surface area contributed by atoms with E-state index in [2.05, 4.69) is 29.2 Å². The SMILES string of the molecule is CC(C)c1c(C(=O)NC[C@H]2CCOC2)cnn1-c1ccccn1. The smallest absolute Gasteiger partial charge is 0.254 e. The maximum absolute atomic E-state index is 12.5. The van der Waals surface area contributed by atoms with Crippen molar-refractivity contribution in [3.63, 3.8) is 0 Å². The van der Waals surface area contributed by atoms with Crippen molar-refractivity contribution >= 4 is 5.91 Å². The van der Waals surface area contributed by atoms with E-state index in [9.17, 15) is 4.79 Å². The first kappa shape index (κ1) is 15.7. The van der Waals surface area contributed by atoms with E-state index in [1.807, 2.05) is 18.2 Å². The Bertz CT molecular complexity index is 660. The molecule has 0 bridgehead atoms. The molecule has 1 aliphatic heterocycles. The van der Waals surface area contributed by atoms with E-state index in [0.29, 0.717) is 18.0 Å².